The van der Waals surface area contributed by atoms with Crippen molar-refractivity contribution in [2.24, 2.45) is 0 Å². The average Bonchev–Trinajstić information content (AvgIpc) is 2.36. The Bertz CT molecular complexity index is 469. The van der Waals surface area contributed by atoms with E-state index in [1.165, 1.54) is 0 Å². The molecule has 18 heavy (non-hydrogen) atoms. The molecular weight excluding hydrogens is 311 g/mol. The summed E-state index contributed by atoms with van der Waals surface area (Å²) in [5.74, 6) is -3.19. The molecule has 0 amide bonds. The second-order valence-corrected chi connectivity index (χ2v) is 5.15. The molecule has 6 heteroatoms. The van der Waals surface area contributed by atoms with Gasteiger partial charge in [0.1, 0.15) is 0 Å². The summed E-state index contributed by atoms with van der Waals surface area (Å²) in [5.41, 5.74) is 1.76. The van der Waals surface area contributed by atoms with Gasteiger partial charge in [-0.2, -0.15) is 0 Å². The molecule has 1 aromatic carbocycles. The molecule has 0 saturated heterocycles. The van der Waals surface area contributed by atoms with Crippen molar-refractivity contribution in [2.45, 2.75) is 25.2 Å². The number of nitrogens with zero attached hydrogens (tertiary/aromatic N) is 1. The zero-order valence-corrected chi connectivity index (χ0v) is 11.0. The minimum absolute atomic E-state index is 0.00829. The molecule has 0 spiro atoms. The van der Waals surface area contributed by atoms with Gasteiger partial charge in [-0.25, -0.2) is 13.2 Å². The van der Waals surface area contributed by atoms with Crippen molar-refractivity contribution in [3.63, 3.8) is 0 Å². The van der Waals surface area contributed by atoms with Gasteiger partial charge >= 0.3 is 0 Å². The first-order valence-electron chi connectivity index (χ1n) is 5.43. The van der Waals surface area contributed by atoms with Crippen LogP contribution in [0, 0.1) is 0 Å². The van der Waals surface area contributed by atoms with Crippen molar-refractivity contribution < 1.29 is 18.0 Å². The molecule has 1 heterocycles. The van der Waals surface area contributed by atoms with Crippen LogP contribution in [-0.4, -0.2) is 29.9 Å². The number of alkyl halides is 3. The van der Waals surface area contributed by atoms with Crippen molar-refractivity contribution in [3.05, 3.63) is 33.8 Å². The van der Waals surface area contributed by atoms with E-state index in [1.54, 1.807) is 6.07 Å². The van der Waals surface area contributed by atoms with Crippen LogP contribution in [0.3, 0.4) is 0 Å². The van der Waals surface area contributed by atoms with Gasteiger partial charge in [-0.05, 0) is 29.7 Å². The third kappa shape index (κ3) is 2.31. The van der Waals surface area contributed by atoms with E-state index in [2.05, 4.69) is 15.9 Å². The van der Waals surface area contributed by atoms with Crippen molar-refractivity contribution in [3.8, 4) is 0 Å². The Labute approximate surface area is 111 Å². The maximum Gasteiger partial charge on any atom is 0.292 e. The molecule has 0 bridgehead atoms. The Morgan fingerprint density at radius 2 is 2.11 bits per heavy atom. The zero-order valence-electron chi connectivity index (χ0n) is 9.38. The lowest BCUT2D eigenvalue weighted by Gasteiger charge is -2.36. The van der Waals surface area contributed by atoms with Gasteiger partial charge in [-0.15, -0.1) is 0 Å². The molecule has 1 atom stereocenters. The number of fused-ring (bicyclic) bond motifs is 1. The largest absolute Gasteiger partial charge is 0.298 e. The zero-order chi connectivity index (χ0) is 13.3. The number of carbonyl (C=O) groups is 1. The summed E-state index contributed by atoms with van der Waals surface area (Å²) in [4.78, 5) is 11.5. The number of benzene rings is 1. The van der Waals surface area contributed by atoms with Crippen LogP contribution in [0.15, 0.2) is 22.7 Å². The number of rotatable bonds is 3. The number of hydrogen-bond donors (Lipinski definition) is 0. The van der Waals surface area contributed by atoms with Gasteiger partial charge in [0.2, 0.25) is 0 Å². The van der Waals surface area contributed by atoms with Crippen LogP contribution in [0.25, 0.3) is 0 Å². The lowest BCUT2D eigenvalue weighted by molar-refractivity contribution is -0.161. The molecule has 0 radical (unpaired) electrons. The van der Waals surface area contributed by atoms with Gasteiger partial charge in [-0.3, -0.25) is 9.69 Å². The lowest BCUT2D eigenvalue weighted by atomic mass is 9.98. The molecule has 1 aliphatic rings. The Kier molecular flexibility index (Phi) is 3.77. The average molecular weight is 322 g/mol. The number of hydrogen-bond acceptors (Lipinski definition) is 2. The fraction of sp³-hybridized carbons (Fsp3) is 0.417. The van der Waals surface area contributed by atoms with Crippen LogP contribution in [0.1, 0.15) is 11.1 Å². The van der Waals surface area contributed by atoms with E-state index >= 15 is 0 Å². The smallest absolute Gasteiger partial charge is 0.292 e. The Hall–Kier alpha value is -0.880. The maximum absolute atomic E-state index is 13.9. The second-order valence-electron chi connectivity index (χ2n) is 4.23. The SMILES string of the molecule is O=CC(F)(C(F)F)N1CCc2ccc(Br)cc2C1. The highest BCUT2D eigenvalue weighted by atomic mass is 79.9. The lowest BCUT2D eigenvalue weighted by Crippen LogP contribution is -2.53. The van der Waals surface area contributed by atoms with E-state index in [0.29, 0.717) is 6.42 Å². The van der Waals surface area contributed by atoms with Crippen molar-refractivity contribution >= 4 is 22.2 Å². The summed E-state index contributed by atoms with van der Waals surface area (Å²) in [6.07, 6.45) is -3.20. The topological polar surface area (TPSA) is 20.3 Å². The minimum Gasteiger partial charge on any atom is -0.298 e. The van der Waals surface area contributed by atoms with Crippen LogP contribution in [0.5, 0.6) is 0 Å². The quantitative estimate of drug-likeness (QED) is 0.630. The number of carbonyl (C=O) groups excluding carboxylic acids is 1. The molecule has 98 valence electrons. The predicted octanol–water partition coefficient (Wildman–Crippen LogP) is 2.94. The standard InChI is InChI=1S/C12H11BrF3NO/c13-10-2-1-8-3-4-17(6-9(8)5-10)12(16,7-18)11(14)15/h1-2,5,7,11H,3-4,6H2. The van der Waals surface area contributed by atoms with E-state index in [0.717, 1.165) is 20.5 Å². The van der Waals surface area contributed by atoms with E-state index in [4.69, 9.17) is 0 Å². The fourth-order valence-corrected chi connectivity index (χ4v) is 2.49. The van der Waals surface area contributed by atoms with E-state index in [1.807, 2.05) is 12.1 Å². The van der Waals surface area contributed by atoms with Gasteiger partial charge in [0.15, 0.2) is 6.29 Å². The molecule has 0 N–H and O–H groups in total. The van der Waals surface area contributed by atoms with E-state index in [9.17, 15) is 18.0 Å². The third-order valence-corrected chi connectivity index (χ3v) is 3.63. The summed E-state index contributed by atoms with van der Waals surface area (Å²) >= 11 is 3.28. The summed E-state index contributed by atoms with van der Waals surface area (Å²) in [7, 11) is 0. The third-order valence-electron chi connectivity index (χ3n) is 3.14. The van der Waals surface area contributed by atoms with Gasteiger partial charge < -0.3 is 0 Å². The molecular formula is C12H11BrF3NO. The van der Waals surface area contributed by atoms with Gasteiger partial charge in [0.25, 0.3) is 12.2 Å². The van der Waals surface area contributed by atoms with Crippen molar-refractivity contribution in [1.29, 1.82) is 0 Å². The van der Waals surface area contributed by atoms with Gasteiger partial charge in [-0.1, -0.05) is 22.0 Å². The second kappa shape index (κ2) is 5.01. The van der Waals surface area contributed by atoms with Gasteiger partial charge in [0.05, 0.1) is 0 Å². The van der Waals surface area contributed by atoms with Crippen LogP contribution >= 0.6 is 15.9 Å². The van der Waals surface area contributed by atoms with Gasteiger partial charge in [0, 0.05) is 17.6 Å². The monoisotopic (exact) mass is 321 g/mol. The first kappa shape index (κ1) is 13.5. The Morgan fingerprint density at radius 3 is 2.72 bits per heavy atom. The van der Waals surface area contributed by atoms with Crippen LogP contribution in [-0.2, 0) is 17.8 Å². The van der Waals surface area contributed by atoms with Crippen molar-refractivity contribution in [1.82, 2.24) is 4.90 Å². The molecule has 1 aromatic rings. The Morgan fingerprint density at radius 1 is 1.39 bits per heavy atom. The molecule has 1 unspecified atom stereocenters. The van der Waals surface area contributed by atoms with E-state index in [-0.39, 0.29) is 19.4 Å². The van der Waals surface area contributed by atoms with Crippen molar-refractivity contribution in [2.75, 3.05) is 6.54 Å². The summed E-state index contributed by atoms with van der Waals surface area (Å²) in [6.45, 7) is 0.114. The molecule has 0 aromatic heterocycles. The first-order chi connectivity index (χ1) is 8.47. The fourth-order valence-electron chi connectivity index (χ4n) is 2.08. The number of aldehydes is 1. The summed E-state index contributed by atoms with van der Waals surface area (Å²) in [5, 5.41) is 0. The first-order valence-corrected chi connectivity index (χ1v) is 6.22. The molecule has 2 rings (SSSR count). The van der Waals surface area contributed by atoms with Crippen LogP contribution in [0.2, 0.25) is 0 Å². The molecule has 0 saturated carbocycles. The molecule has 1 aliphatic heterocycles. The molecule has 2 nitrogen and oxygen atoms in total. The van der Waals surface area contributed by atoms with E-state index < -0.39 is 12.2 Å². The van der Waals surface area contributed by atoms with Crippen LogP contribution < -0.4 is 0 Å². The highest BCUT2D eigenvalue weighted by molar-refractivity contribution is 9.10. The number of halogens is 4. The molecule has 0 aliphatic carbocycles. The summed E-state index contributed by atoms with van der Waals surface area (Å²) in [6, 6.07) is 5.49. The molecule has 0 fully saturated rings. The van der Waals surface area contributed by atoms with Crippen LogP contribution in [0.4, 0.5) is 13.2 Å². The normalized spacial score (nSPS) is 19.4. The predicted molar refractivity (Wildman–Crippen MR) is 64.2 cm³/mol. The Balaban J connectivity index is 2.28. The highest BCUT2D eigenvalue weighted by Crippen LogP contribution is 2.31. The maximum atomic E-state index is 13.9. The summed E-state index contributed by atoms with van der Waals surface area (Å²) < 4.78 is 40.1. The minimum atomic E-state index is -3.34. The highest BCUT2D eigenvalue weighted by Gasteiger charge is 2.47.